The van der Waals surface area contributed by atoms with E-state index in [1.54, 1.807) is 0 Å². The van der Waals surface area contributed by atoms with Crippen LogP contribution in [0.3, 0.4) is 0 Å². The molecule has 1 heteroatoms. The second-order valence-electron chi connectivity index (χ2n) is 6.61. The van der Waals surface area contributed by atoms with Crippen molar-refractivity contribution in [2.75, 3.05) is 5.32 Å². The molecule has 0 aliphatic heterocycles. The van der Waals surface area contributed by atoms with Crippen molar-refractivity contribution in [2.24, 2.45) is 0 Å². The standard InChI is InChI=1S/C20H27N/c1-6-15-9-8-10-16(7-2)19(15)21-18-13-11-17(12-14-18)20(3,4)5/h8-14,21H,6-7H2,1-5H3. The molecule has 0 fully saturated rings. The van der Waals surface area contributed by atoms with Crippen LogP contribution in [0, 0.1) is 0 Å². The second kappa shape index (κ2) is 6.34. The molecule has 1 nitrogen and oxygen atoms in total. The van der Waals surface area contributed by atoms with Crippen molar-refractivity contribution in [1.82, 2.24) is 0 Å². The molecule has 21 heavy (non-hydrogen) atoms. The molecule has 0 aliphatic rings. The first kappa shape index (κ1) is 15.6. The van der Waals surface area contributed by atoms with Gasteiger partial charge in [0.05, 0.1) is 0 Å². The molecule has 1 N–H and O–H groups in total. The van der Waals surface area contributed by atoms with Gasteiger partial charge in [-0.3, -0.25) is 0 Å². The summed E-state index contributed by atoms with van der Waals surface area (Å²) in [5.74, 6) is 0. The molecule has 0 bridgehead atoms. The largest absolute Gasteiger partial charge is 0.355 e. The van der Waals surface area contributed by atoms with E-state index in [2.05, 4.69) is 82.4 Å². The Hall–Kier alpha value is -1.76. The van der Waals surface area contributed by atoms with Gasteiger partial charge in [0.25, 0.3) is 0 Å². The summed E-state index contributed by atoms with van der Waals surface area (Å²) in [4.78, 5) is 0. The van der Waals surface area contributed by atoms with Crippen LogP contribution in [-0.4, -0.2) is 0 Å². The van der Waals surface area contributed by atoms with Crippen molar-refractivity contribution in [3.8, 4) is 0 Å². The lowest BCUT2D eigenvalue weighted by atomic mass is 9.87. The normalized spacial score (nSPS) is 11.5. The summed E-state index contributed by atoms with van der Waals surface area (Å²) in [5, 5.41) is 3.62. The first-order chi connectivity index (χ1) is 9.95. The van der Waals surface area contributed by atoms with Gasteiger partial charge in [0, 0.05) is 11.4 Å². The molecule has 0 amide bonds. The van der Waals surface area contributed by atoms with Crippen molar-refractivity contribution in [1.29, 1.82) is 0 Å². The van der Waals surface area contributed by atoms with Gasteiger partial charge in [-0.15, -0.1) is 0 Å². The van der Waals surface area contributed by atoms with E-state index in [0.717, 1.165) is 12.8 Å². The topological polar surface area (TPSA) is 12.0 Å². The van der Waals surface area contributed by atoms with Gasteiger partial charge in [0.2, 0.25) is 0 Å². The number of rotatable bonds is 4. The Labute approximate surface area is 129 Å². The minimum atomic E-state index is 0.203. The van der Waals surface area contributed by atoms with Crippen LogP contribution in [0.4, 0.5) is 11.4 Å². The fourth-order valence-electron chi connectivity index (χ4n) is 2.60. The fraction of sp³-hybridized carbons (Fsp3) is 0.400. The van der Waals surface area contributed by atoms with E-state index in [1.807, 2.05) is 0 Å². The molecule has 0 heterocycles. The van der Waals surface area contributed by atoms with E-state index in [9.17, 15) is 0 Å². The van der Waals surface area contributed by atoms with E-state index in [0.29, 0.717) is 0 Å². The van der Waals surface area contributed by atoms with Crippen molar-refractivity contribution in [3.63, 3.8) is 0 Å². The van der Waals surface area contributed by atoms with E-state index >= 15 is 0 Å². The Morgan fingerprint density at radius 3 is 1.76 bits per heavy atom. The average molecular weight is 281 g/mol. The lowest BCUT2D eigenvalue weighted by Gasteiger charge is -2.20. The summed E-state index contributed by atoms with van der Waals surface area (Å²) in [5.41, 5.74) is 6.79. The first-order valence-electron chi connectivity index (χ1n) is 7.94. The van der Waals surface area contributed by atoms with Gasteiger partial charge >= 0.3 is 0 Å². The Bertz CT molecular complexity index is 566. The van der Waals surface area contributed by atoms with Crippen LogP contribution in [0.1, 0.15) is 51.3 Å². The number of hydrogen-bond donors (Lipinski definition) is 1. The maximum Gasteiger partial charge on any atom is 0.0449 e. The summed E-state index contributed by atoms with van der Waals surface area (Å²) in [7, 11) is 0. The number of nitrogens with one attached hydrogen (secondary N) is 1. The Morgan fingerprint density at radius 1 is 0.810 bits per heavy atom. The summed E-state index contributed by atoms with van der Waals surface area (Å²) in [6.07, 6.45) is 2.10. The van der Waals surface area contributed by atoms with Gasteiger partial charge in [0.1, 0.15) is 0 Å². The third-order valence-electron chi connectivity index (χ3n) is 4.02. The molecule has 0 aromatic heterocycles. The molecular formula is C20H27N. The lowest BCUT2D eigenvalue weighted by Crippen LogP contribution is -2.10. The minimum absolute atomic E-state index is 0.203. The monoisotopic (exact) mass is 281 g/mol. The van der Waals surface area contributed by atoms with Crippen LogP contribution in [-0.2, 0) is 18.3 Å². The number of anilines is 2. The van der Waals surface area contributed by atoms with Crippen molar-refractivity contribution in [3.05, 3.63) is 59.2 Å². The smallest absolute Gasteiger partial charge is 0.0449 e. The van der Waals surface area contributed by atoms with E-state index in [1.165, 1.54) is 28.1 Å². The molecule has 2 aromatic rings. The van der Waals surface area contributed by atoms with Gasteiger partial charge in [-0.1, -0.05) is 65.0 Å². The van der Waals surface area contributed by atoms with Gasteiger partial charge in [-0.2, -0.15) is 0 Å². The van der Waals surface area contributed by atoms with Crippen LogP contribution in [0.15, 0.2) is 42.5 Å². The summed E-state index contributed by atoms with van der Waals surface area (Å²) >= 11 is 0. The van der Waals surface area contributed by atoms with Crippen LogP contribution in [0.5, 0.6) is 0 Å². The first-order valence-corrected chi connectivity index (χ1v) is 7.94. The molecule has 2 aromatic carbocycles. The average Bonchev–Trinajstić information content (AvgIpc) is 2.47. The Kier molecular flexibility index (Phi) is 4.72. The van der Waals surface area contributed by atoms with Crippen LogP contribution < -0.4 is 5.32 Å². The molecule has 0 saturated carbocycles. The Morgan fingerprint density at radius 2 is 1.33 bits per heavy atom. The zero-order valence-corrected chi connectivity index (χ0v) is 14.0. The van der Waals surface area contributed by atoms with Gasteiger partial charge in [0.15, 0.2) is 0 Å². The molecular weight excluding hydrogens is 254 g/mol. The Balaban J connectivity index is 2.30. The highest BCUT2D eigenvalue weighted by Crippen LogP contribution is 2.28. The van der Waals surface area contributed by atoms with Crippen molar-refractivity contribution < 1.29 is 0 Å². The summed E-state index contributed by atoms with van der Waals surface area (Å²) in [6, 6.07) is 15.4. The van der Waals surface area contributed by atoms with Crippen molar-refractivity contribution >= 4 is 11.4 Å². The van der Waals surface area contributed by atoms with E-state index < -0.39 is 0 Å². The van der Waals surface area contributed by atoms with Crippen molar-refractivity contribution in [2.45, 2.75) is 52.9 Å². The second-order valence-corrected chi connectivity index (χ2v) is 6.61. The highest BCUT2D eigenvalue weighted by molar-refractivity contribution is 5.67. The summed E-state index contributed by atoms with van der Waals surface area (Å²) < 4.78 is 0. The molecule has 0 aliphatic carbocycles. The molecule has 112 valence electrons. The molecule has 0 radical (unpaired) electrons. The van der Waals surface area contributed by atoms with Gasteiger partial charge in [-0.25, -0.2) is 0 Å². The third kappa shape index (κ3) is 3.66. The molecule has 0 unspecified atom stereocenters. The number of aryl methyl sites for hydroxylation is 2. The van der Waals surface area contributed by atoms with Crippen LogP contribution >= 0.6 is 0 Å². The molecule has 0 saturated heterocycles. The van der Waals surface area contributed by atoms with Crippen LogP contribution in [0.25, 0.3) is 0 Å². The van der Waals surface area contributed by atoms with E-state index in [4.69, 9.17) is 0 Å². The van der Waals surface area contributed by atoms with E-state index in [-0.39, 0.29) is 5.41 Å². The zero-order chi connectivity index (χ0) is 15.5. The fourth-order valence-corrected chi connectivity index (χ4v) is 2.60. The SMILES string of the molecule is CCc1cccc(CC)c1Nc1ccc(C(C)(C)C)cc1. The zero-order valence-electron chi connectivity index (χ0n) is 14.0. The predicted molar refractivity (Wildman–Crippen MR) is 93.6 cm³/mol. The summed E-state index contributed by atoms with van der Waals surface area (Å²) in [6.45, 7) is 11.2. The molecule has 2 rings (SSSR count). The predicted octanol–water partition coefficient (Wildman–Crippen LogP) is 5.85. The quantitative estimate of drug-likeness (QED) is 0.741. The molecule has 0 atom stereocenters. The number of benzene rings is 2. The molecule has 0 spiro atoms. The van der Waals surface area contributed by atoms with Crippen LogP contribution in [0.2, 0.25) is 0 Å². The lowest BCUT2D eigenvalue weighted by molar-refractivity contribution is 0.590. The maximum atomic E-state index is 3.62. The number of hydrogen-bond acceptors (Lipinski definition) is 1. The maximum absolute atomic E-state index is 3.62. The third-order valence-corrected chi connectivity index (χ3v) is 4.02. The highest BCUT2D eigenvalue weighted by Gasteiger charge is 2.13. The minimum Gasteiger partial charge on any atom is -0.355 e. The number of para-hydroxylation sites is 1. The highest BCUT2D eigenvalue weighted by atomic mass is 14.9. The van der Waals surface area contributed by atoms with Gasteiger partial charge < -0.3 is 5.32 Å². The van der Waals surface area contributed by atoms with Gasteiger partial charge in [-0.05, 0) is 47.1 Å².